The predicted octanol–water partition coefficient (Wildman–Crippen LogP) is 12.8. The van der Waals surface area contributed by atoms with Gasteiger partial charge in [-0.2, -0.15) is 0 Å². The number of anilines is 2. The molecule has 6 N–H and O–H groups in total. The van der Waals surface area contributed by atoms with E-state index in [-0.39, 0.29) is 45.9 Å². The normalized spacial score (nSPS) is 13.0. The maximum atomic E-state index is 13.8. The maximum Gasteiger partial charge on any atom is 0.347 e. The van der Waals surface area contributed by atoms with Crippen molar-refractivity contribution in [1.29, 1.82) is 0 Å². The number of carbonyl (C=O) groups excluding carboxylic acids is 4. The molecule has 2 amide bonds. The van der Waals surface area contributed by atoms with Crippen LogP contribution in [0.15, 0.2) is 182 Å². The zero-order valence-electron chi connectivity index (χ0n) is 37.2. The van der Waals surface area contributed by atoms with E-state index in [0.717, 1.165) is 70.3 Å². The van der Waals surface area contributed by atoms with Crippen LogP contribution in [0.2, 0.25) is 0 Å². The lowest BCUT2D eigenvalue weighted by Crippen LogP contribution is -2.29. The number of carbonyl (C=O) groups is 4. The van der Waals surface area contributed by atoms with Crippen molar-refractivity contribution in [1.82, 2.24) is 0 Å². The van der Waals surface area contributed by atoms with E-state index in [1.165, 1.54) is 4.90 Å². The average Bonchev–Trinajstić information content (AvgIpc) is 3.83. The molecule has 2 heterocycles. The summed E-state index contributed by atoms with van der Waals surface area (Å²) in [6, 6.07) is 53.5. The highest BCUT2D eigenvalue weighted by Crippen LogP contribution is 2.47. The van der Waals surface area contributed by atoms with Crippen molar-refractivity contribution >= 4 is 121 Å². The third-order valence-corrected chi connectivity index (χ3v) is 13.3. The number of imide groups is 1. The number of rotatable bonds is 1. The molecule has 12 aromatic carbocycles. The summed E-state index contributed by atoms with van der Waals surface area (Å²) in [6.07, 6.45) is 0. The number of aromatic hydroxyl groups is 4. The average molecular weight is 929 g/mol. The first-order valence-corrected chi connectivity index (χ1v) is 22.5. The second-order valence-electron chi connectivity index (χ2n) is 17.4. The molecule has 0 radical (unpaired) electrons. The van der Waals surface area contributed by atoms with Gasteiger partial charge in [0.15, 0.2) is 0 Å². The van der Waals surface area contributed by atoms with Crippen LogP contribution in [0.25, 0.3) is 86.2 Å². The summed E-state index contributed by atoms with van der Waals surface area (Å²) in [6.45, 7) is 0. The van der Waals surface area contributed by atoms with Crippen LogP contribution >= 0.6 is 0 Å². The summed E-state index contributed by atoms with van der Waals surface area (Å²) in [5.74, 6) is -1.42. The summed E-state index contributed by atoms with van der Waals surface area (Å²) in [5, 5.41) is 52.6. The number of cyclic esters (lactones) is 2. The van der Waals surface area contributed by atoms with Crippen LogP contribution < -0.4 is 10.6 Å². The van der Waals surface area contributed by atoms with E-state index < -0.39 is 11.9 Å². The van der Waals surface area contributed by atoms with Crippen molar-refractivity contribution < 1.29 is 44.3 Å². The van der Waals surface area contributed by atoms with Gasteiger partial charge in [0, 0.05) is 5.69 Å². The molecule has 0 unspecified atom stereocenters. The summed E-state index contributed by atoms with van der Waals surface area (Å²) >= 11 is 0. The molecule has 0 spiro atoms. The minimum atomic E-state index is -0.652. The predicted molar refractivity (Wildman–Crippen MR) is 278 cm³/mol. The van der Waals surface area contributed by atoms with Crippen LogP contribution in [-0.4, -0.2) is 44.2 Å². The first kappa shape index (κ1) is 42.4. The first-order valence-electron chi connectivity index (χ1n) is 22.5. The molecular weight excluding hydrogens is 893 g/mol. The fourth-order valence-corrected chi connectivity index (χ4v) is 10.4. The van der Waals surface area contributed by atoms with Gasteiger partial charge >= 0.3 is 11.9 Å². The molecule has 11 heteroatoms. The molecule has 71 heavy (non-hydrogen) atoms. The van der Waals surface area contributed by atoms with Gasteiger partial charge in [-0.05, 0) is 159 Å². The Morgan fingerprint density at radius 2 is 0.634 bits per heavy atom. The molecule has 14 rings (SSSR count). The van der Waals surface area contributed by atoms with Gasteiger partial charge in [0.05, 0.1) is 27.9 Å². The van der Waals surface area contributed by atoms with Crippen molar-refractivity contribution in [3.05, 3.63) is 204 Å². The quantitative estimate of drug-likeness (QED) is 0.0348. The van der Waals surface area contributed by atoms with Crippen molar-refractivity contribution in [3.63, 3.8) is 0 Å². The fraction of sp³-hybridized carbons (Fsp3) is 0. The number of fused-ring (bicyclic) bond motifs is 20. The van der Waals surface area contributed by atoms with Crippen molar-refractivity contribution in [2.24, 2.45) is 0 Å². The largest absolute Gasteiger partial charge is 0.508 e. The molecule has 0 saturated heterocycles. The highest BCUT2D eigenvalue weighted by atomic mass is 16.6. The second kappa shape index (κ2) is 16.1. The smallest absolute Gasteiger partial charge is 0.347 e. The second-order valence-corrected chi connectivity index (χ2v) is 17.4. The van der Waals surface area contributed by atoms with E-state index in [2.05, 4.69) is 0 Å². The highest BCUT2D eigenvalue weighted by molar-refractivity contribution is 6.45. The summed E-state index contributed by atoms with van der Waals surface area (Å²) in [5.41, 5.74) is 8.01. The minimum absolute atomic E-state index is 0.145. The molecule has 0 bridgehead atoms. The molecule has 0 aromatic heterocycles. The van der Waals surface area contributed by atoms with Crippen LogP contribution in [0.1, 0.15) is 41.4 Å². The first-order chi connectivity index (χ1) is 34.4. The number of esters is 2. The molecule has 0 saturated carbocycles. The van der Waals surface area contributed by atoms with Crippen LogP contribution in [0.4, 0.5) is 11.4 Å². The Bertz CT molecular complexity index is 4110. The Morgan fingerprint density at radius 3 is 0.944 bits per heavy atom. The molecule has 340 valence electrons. The zero-order valence-corrected chi connectivity index (χ0v) is 37.2. The highest BCUT2D eigenvalue weighted by Gasteiger charge is 2.40. The molecule has 0 fully saturated rings. The number of phenols is 4. The van der Waals surface area contributed by atoms with Crippen LogP contribution in [0.3, 0.4) is 0 Å². The molecule has 12 aromatic rings. The number of phenolic OH excluding ortho intramolecular Hbond substituents is 4. The molecule has 0 atom stereocenters. The SMILES string of the molecule is Nc1ccccc1.O=C1OC(=O)c2c1c1ccc3cc(O)ccc3c1c1c2ccc2cc(O)ccc21.O=C1c2c(c3ccc4cc(O)ccc4c3c3c2ccc2cc(O)ccc23)C(=O)N1c1ccccc1. The van der Waals surface area contributed by atoms with E-state index in [9.17, 15) is 39.6 Å². The summed E-state index contributed by atoms with van der Waals surface area (Å²) in [4.78, 5) is 53.9. The van der Waals surface area contributed by atoms with Gasteiger partial charge < -0.3 is 30.9 Å². The van der Waals surface area contributed by atoms with Crippen LogP contribution in [-0.2, 0) is 4.74 Å². The lowest BCUT2D eigenvalue weighted by Gasteiger charge is -2.14. The van der Waals surface area contributed by atoms with Gasteiger partial charge in [0.2, 0.25) is 0 Å². The lowest BCUT2D eigenvalue weighted by molar-refractivity contribution is 0.0444. The Hall–Kier alpha value is -10.0. The van der Waals surface area contributed by atoms with Crippen molar-refractivity contribution in [2.75, 3.05) is 10.6 Å². The van der Waals surface area contributed by atoms with Gasteiger partial charge in [-0.25, -0.2) is 14.5 Å². The molecule has 2 aliphatic heterocycles. The third-order valence-electron chi connectivity index (χ3n) is 13.3. The Labute approximate surface area is 402 Å². The van der Waals surface area contributed by atoms with Crippen LogP contribution in [0.5, 0.6) is 23.0 Å². The van der Waals surface area contributed by atoms with Gasteiger partial charge in [0.1, 0.15) is 23.0 Å². The Balaban J connectivity index is 0.000000130. The molecule has 11 nitrogen and oxygen atoms in total. The van der Waals surface area contributed by atoms with Gasteiger partial charge in [-0.1, -0.05) is 109 Å². The van der Waals surface area contributed by atoms with Crippen LogP contribution in [0, 0.1) is 0 Å². The van der Waals surface area contributed by atoms with Gasteiger partial charge in [-0.3, -0.25) is 9.59 Å². The number of hydrogen-bond donors (Lipinski definition) is 5. The van der Waals surface area contributed by atoms with Crippen molar-refractivity contribution in [2.45, 2.75) is 0 Å². The fourth-order valence-electron chi connectivity index (χ4n) is 10.4. The lowest BCUT2D eigenvalue weighted by atomic mass is 9.87. The van der Waals surface area contributed by atoms with E-state index in [0.29, 0.717) is 38.4 Å². The van der Waals surface area contributed by atoms with E-state index in [1.807, 2.05) is 84.9 Å². The number of benzene rings is 12. The number of hydrogen-bond acceptors (Lipinski definition) is 10. The maximum absolute atomic E-state index is 13.8. The number of amides is 2. The molecule has 2 aliphatic rings. The Kier molecular flexibility index (Phi) is 9.59. The number of nitrogen functional groups attached to an aromatic ring is 1. The number of nitrogens with zero attached hydrogens (tertiary/aromatic N) is 1. The van der Waals surface area contributed by atoms with E-state index in [1.54, 1.807) is 97.1 Å². The Morgan fingerprint density at radius 1 is 0.338 bits per heavy atom. The van der Waals surface area contributed by atoms with Gasteiger partial charge in [0.25, 0.3) is 11.8 Å². The minimum Gasteiger partial charge on any atom is -0.508 e. The summed E-state index contributed by atoms with van der Waals surface area (Å²) < 4.78 is 4.95. The molecule has 0 aliphatic carbocycles. The standard InChI is InChI=1S/C30H17NO4.C24H12O5.C6H7N/c32-19-8-12-21-16(14-19)6-10-23-25(21)26-22-13-9-20(33)15-17(22)7-11-24(26)28-27(23)29(34)31(30(28)35)18-4-2-1-3-5-18;25-13-3-7-15-11(9-13)1-5-17-19(15)20-16-8-4-14(26)10-12(16)2-6-18(20)22-21(17)23(27)29-24(22)28;7-6-4-2-1-3-5-6/h1-15,32-33H;1-10,25-26H;1-5H,7H2. The third kappa shape index (κ3) is 6.67. The number of nitrogens with two attached hydrogens (primary N) is 1. The molecular formula is C60H36N2O9. The number of ether oxygens (including phenoxy) is 1. The number of para-hydroxylation sites is 2. The van der Waals surface area contributed by atoms with Gasteiger partial charge in [-0.15, -0.1) is 0 Å². The van der Waals surface area contributed by atoms with Crippen molar-refractivity contribution in [3.8, 4) is 23.0 Å². The zero-order chi connectivity index (χ0) is 48.8. The monoisotopic (exact) mass is 928 g/mol. The van der Waals surface area contributed by atoms with E-state index >= 15 is 0 Å². The summed E-state index contributed by atoms with van der Waals surface area (Å²) in [7, 11) is 0. The van der Waals surface area contributed by atoms with E-state index in [4.69, 9.17) is 10.5 Å². The topological polar surface area (TPSA) is 188 Å².